The van der Waals surface area contributed by atoms with Crippen LogP contribution in [0.3, 0.4) is 0 Å². The van der Waals surface area contributed by atoms with E-state index in [0.29, 0.717) is 18.0 Å². The number of rotatable bonds is 3. The van der Waals surface area contributed by atoms with Crippen LogP contribution >= 0.6 is 0 Å². The molecule has 2 aromatic carbocycles. The van der Waals surface area contributed by atoms with Gasteiger partial charge in [0.25, 0.3) is 0 Å². The van der Waals surface area contributed by atoms with Crippen LogP contribution in [0.1, 0.15) is 30.4 Å². The third-order valence-electron chi connectivity index (χ3n) is 6.48. The Balaban J connectivity index is 1.58. The van der Waals surface area contributed by atoms with Gasteiger partial charge in [-0.1, -0.05) is 29.8 Å². The lowest BCUT2D eigenvalue weighted by Crippen LogP contribution is -2.35. The molecule has 2 unspecified atom stereocenters. The molecule has 0 amide bonds. The van der Waals surface area contributed by atoms with Crippen molar-refractivity contribution in [3.63, 3.8) is 0 Å². The molecule has 3 aromatic rings. The lowest BCUT2D eigenvalue weighted by molar-refractivity contribution is 0.596. The number of benzene rings is 2. The molecule has 0 saturated heterocycles. The van der Waals surface area contributed by atoms with E-state index in [1.54, 1.807) is 12.1 Å². The predicted molar refractivity (Wildman–Crippen MR) is 125 cm³/mol. The van der Waals surface area contributed by atoms with E-state index < -0.39 is 9.84 Å². The van der Waals surface area contributed by atoms with Crippen molar-refractivity contribution >= 4 is 32.2 Å². The number of aromatic nitrogens is 1. The first kappa shape index (κ1) is 20.3. The van der Waals surface area contributed by atoms with Crippen LogP contribution in [0.5, 0.6) is 0 Å². The topological polar surface area (TPSA) is 88.3 Å². The molecule has 3 N–H and O–H groups in total. The van der Waals surface area contributed by atoms with Crippen LogP contribution in [0.15, 0.2) is 53.4 Å². The Morgan fingerprint density at radius 2 is 1.97 bits per heavy atom. The van der Waals surface area contributed by atoms with Gasteiger partial charge in [-0.2, -0.15) is 0 Å². The maximum atomic E-state index is 12.8. The number of anilines is 2. The molecule has 6 nitrogen and oxygen atoms in total. The predicted octanol–water partition coefficient (Wildman–Crippen LogP) is 3.63. The normalized spacial score (nSPS) is 22.8. The summed E-state index contributed by atoms with van der Waals surface area (Å²) in [5.41, 5.74) is 10.2. The minimum absolute atomic E-state index is 0.0773. The fourth-order valence-electron chi connectivity index (χ4n) is 4.73. The summed E-state index contributed by atoms with van der Waals surface area (Å²) in [5, 5.41) is 4.76. The van der Waals surface area contributed by atoms with Crippen LogP contribution in [0.2, 0.25) is 0 Å². The molecule has 1 saturated carbocycles. The molecule has 1 aliphatic carbocycles. The Hall–Kier alpha value is -2.64. The first-order chi connectivity index (χ1) is 14.9. The molecule has 1 fully saturated rings. The molecule has 0 radical (unpaired) electrons. The van der Waals surface area contributed by atoms with Crippen LogP contribution in [-0.2, 0) is 16.4 Å². The van der Waals surface area contributed by atoms with Crippen LogP contribution in [-0.4, -0.2) is 37.8 Å². The van der Waals surface area contributed by atoms with E-state index >= 15 is 0 Å². The van der Waals surface area contributed by atoms with E-state index in [4.69, 9.17) is 10.7 Å². The van der Waals surface area contributed by atoms with Crippen molar-refractivity contribution in [2.24, 2.45) is 5.73 Å². The van der Waals surface area contributed by atoms with E-state index in [1.165, 1.54) is 5.56 Å². The largest absolute Gasteiger partial charge is 0.380 e. The van der Waals surface area contributed by atoms with E-state index in [2.05, 4.69) is 35.3 Å². The summed E-state index contributed by atoms with van der Waals surface area (Å²) in [6.07, 6.45) is 3.23. The maximum Gasteiger partial charge on any atom is 0.180 e. The molecule has 0 bridgehead atoms. The van der Waals surface area contributed by atoms with Crippen LogP contribution < -0.4 is 16.0 Å². The van der Waals surface area contributed by atoms with Gasteiger partial charge in [0.15, 0.2) is 9.84 Å². The number of nitrogens with one attached hydrogen (secondary N) is 1. The quantitative estimate of drug-likeness (QED) is 0.652. The number of fused-ring (bicyclic) bond motifs is 2. The highest BCUT2D eigenvalue weighted by molar-refractivity contribution is 7.91. The Kier molecular flexibility index (Phi) is 5.10. The van der Waals surface area contributed by atoms with Gasteiger partial charge < -0.3 is 16.0 Å². The highest BCUT2D eigenvalue weighted by Gasteiger charge is 2.27. The van der Waals surface area contributed by atoms with E-state index in [9.17, 15) is 8.42 Å². The number of hydrogen-bond acceptors (Lipinski definition) is 6. The molecule has 1 aromatic heterocycles. The van der Waals surface area contributed by atoms with Crippen molar-refractivity contribution in [2.75, 3.05) is 22.5 Å². The van der Waals surface area contributed by atoms with Gasteiger partial charge in [-0.15, -0.1) is 0 Å². The molecule has 2 atom stereocenters. The number of hydrogen-bond donors (Lipinski definition) is 2. The van der Waals surface area contributed by atoms with E-state index in [-0.39, 0.29) is 17.8 Å². The highest BCUT2D eigenvalue weighted by Crippen LogP contribution is 2.33. The van der Waals surface area contributed by atoms with Gasteiger partial charge in [0.1, 0.15) is 5.82 Å². The second-order valence-electron chi connectivity index (χ2n) is 8.74. The third kappa shape index (κ3) is 3.88. The number of nitrogens with zero attached hydrogens (tertiary/aromatic N) is 2. The van der Waals surface area contributed by atoms with Crippen molar-refractivity contribution < 1.29 is 8.42 Å². The summed E-state index contributed by atoms with van der Waals surface area (Å²) in [5.74, 6) is 0.866. The number of pyridine rings is 1. The van der Waals surface area contributed by atoms with Gasteiger partial charge in [-0.25, -0.2) is 13.4 Å². The minimum Gasteiger partial charge on any atom is -0.380 e. The molecular formula is C24H28N4O2S. The molecule has 0 spiro atoms. The fraction of sp³-hybridized carbons (Fsp3) is 0.375. The summed E-state index contributed by atoms with van der Waals surface area (Å²) in [4.78, 5) is 7.42. The average molecular weight is 437 g/mol. The number of aryl methyl sites for hydroxylation is 1. The highest BCUT2D eigenvalue weighted by atomic mass is 32.2. The molecule has 31 heavy (non-hydrogen) atoms. The van der Waals surface area contributed by atoms with E-state index in [1.807, 2.05) is 18.2 Å². The Bertz CT molecular complexity index is 1240. The van der Waals surface area contributed by atoms with Crippen LogP contribution in [0, 0.1) is 6.92 Å². The first-order valence-electron chi connectivity index (χ1n) is 10.9. The molecule has 7 heteroatoms. The summed E-state index contributed by atoms with van der Waals surface area (Å²) in [7, 11) is -3.31. The third-order valence-corrected chi connectivity index (χ3v) is 8.27. The Morgan fingerprint density at radius 1 is 1.13 bits per heavy atom. The van der Waals surface area contributed by atoms with Gasteiger partial charge in [-0.3, -0.25) is 0 Å². The average Bonchev–Trinajstić information content (AvgIpc) is 3.09. The van der Waals surface area contributed by atoms with E-state index in [0.717, 1.165) is 47.2 Å². The molecule has 162 valence electrons. The van der Waals surface area contributed by atoms with Crippen molar-refractivity contribution in [1.29, 1.82) is 0 Å². The van der Waals surface area contributed by atoms with Gasteiger partial charge in [0.2, 0.25) is 0 Å². The van der Waals surface area contributed by atoms with Gasteiger partial charge in [-0.05, 0) is 49.9 Å². The monoisotopic (exact) mass is 436 g/mol. The molecular weight excluding hydrogens is 408 g/mol. The molecule has 2 aliphatic rings. The molecule has 1 aliphatic heterocycles. The van der Waals surface area contributed by atoms with Crippen LogP contribution in [0.4, 0.5) is 11.5 Å². The SMILES string of the molecule is Cc1ccc2nc(N3CCS(=O)(=O)c4ccccc4C3)cc(NC3CCCC3N)c2c1. The smallest absolute Gasteiger partial charge is 0.180 e. The lowest BCUT2D eigenvalue weighted by Gasteiger charge is -2.25. The molecule has 2 heterocycles. The zero-order chi connectivity index (χ0) is 21.6. The molecule has 5 rings (SSSR count). The lowest BCUT2D eigenvalue weighted by atomic mass is 10.1. The Morgan fingerprint density at radius 3 is 2.77 bits per heavy atom. The van der Waals surface area contributed by atoms with Crippen molar-refractivity contribution in [1.82, 2.24) is 4.98 Å². The minimum atomic E-state index is -3.31. The number of sulfone groups is 1. The van der Waals surface area contributed by atoms with Crippen molar-refractivity contribution in [3.05, 3.63) is 59.7 Å². The summed E-state index contributed by atoms with van der Waals surface area (Å²) < 4.78 is 25.6. The maximum absolute atomic E-state index is 12.8. The first-order valence-corrected chi connectivity index (χ1v) is 12.5. The van der Waals surface area contributed by atoms with Crippen molar-refractivity contribution in [2.45, 2.75) is 49.7 Å². The van der Waals surface area contributed by atoms with Crippen molar-refractivity contribution in [3.8, 4) is 0 Å². The summed E-state index contributed by atoms with van der Waals surface area (Å²) >= 11 is 0. The number of nitrogens with two attached hydrogens (primary N) is 1. The zero-order valence-electron chi connectivity index (χ0n) is 17.7. The van der Waals surface area contributed by atoms with Gasteiger partial charge in [0.05, 0.1) is 16.2 Å². The Labute approximate surface area is 183 Å². The summed E-state index contributed by atoms with van der Waals surface area (Å²) in [6.45, 7) is 3.00. The zero-order valence-corrected chi connectivity index (χ0v) is 18.5. The fourth-order valence-corrected chi connectivity index (χ4v) is 6.23. The second-order valence-corrected chi connectivity index (χ2v) is 10.8. The van der Waals surface area contributed by atoms with Gasteiger partial charge in [0, 0.05) is 42.3 Å². The summed E-state index contributed by atoms with van der Waals surface area (Å²) in [6, 6.07) is 16.0. The van der Waals surface area contributed by atoms with Crippen LogP contribution in [0.25, 0.3) is 10.9 Å². The standard InChI is InChI=1S/C24H28N4O2S/c1-16-9-10-20-18(13-16)22(26-21-7-4-6-19(21)25)14-24(27-20)28-11-12-31(29,30)23-8-3-2-5-17(23)15-28/h2-3,5,8-10,13-14,19,21H,4,6-7,11-12,15,25H2,1H3,(H,26,27). The second kappa shape index (κ2) is 7.80. The van der Waals surface area contributed by atoms with Gasteiger partial charge >= 0.3 is 0 Å².